The van der Waals surface area contributed by atoms with Crippen LogP contribution in [0.4, 0.5) is 0 Å². The first-order valence-electron chi connectivity index (χ1n) is 11.9. The normalized spacial score (nSPS) is 24.5. The highest BCUT2D eigenvalue weighted by molar-refractivity contribution is 7.89. The SMILES string of the molecule is CC(C)CC(CC(=O)N1CCNCC1)C(=O)N1CCC2C1C(=O)CN2S(=O)(=O)c1ccccn1. The van der Waals surface area contributed by atoms with Gasteiger partial charge < -0.3 is 15.1 Å². The monoisotopic (exact) mass is 491 g/mol. The Morgan fingerprint density at radius 3 is 2.56 bits per heavy atom. The number of hydrogen-bond donors (Lipinski definition) is 1. The summed E-state index contributed by atoms with van der Waals surface area (Å²) in [5.41, 5.74) is 0. The number of carbonyl (C=O) groups excluding carboxylic acids is 3. The molecule has 3 saturated heterocycles. The summed E-state index contributed by atoms with van der Waals surface area (Å²) < 4.78 is 27.5. The zero-order valence-electron chi connectivity index (χ0n) is 19.7. The zero-order chi connectivity index (χ0) is 24.5. The lowest BCUT2D eigenvalue weighted by Gasteiger charge is -2.31. The van der Waals surface area contributed by atoms with E-state index in [0.29, 0.717) is 32.5 Å². The predicted molar refractivity (Wildman–Crippen MR) is 124 cm³/mol. The summed E-state index contributed by atoms with van der Waals surface area (Å²) in [4.78, 5) is 46.8. The van der Waals surface area contributed by atoms with Gasteiger partial charge in [-0.3, -0.25) is 14.4 Å². The third-order valence-corrected chi connectivity index (χ3v) is 8.65. The minimum atomic E-state index is -3.95. The Balaban J connectivity index is 1.51. The number of nitrogens with one attached hydrogen (secondary N) is 1. The fourth-order valence-corrected chi connectivity index (χ4v) is 6.85. The molecule has 1 aromatic heterocycles. The topological polar surface area (TPSA) is 120 Å². The molecule has 34 heavy (non-hydrogen) atoms. The van der Waals surface area contributed by atoms with Crippen molar-refractivity contribution in [3.05, 3.63) is 24.4 Å². The number of carbonyl (C=O) groups is 3. The van der Waals surface area contributed by atoms with E-state index in [1.807, 2.05) is 13.8 Å². The molecule has 1 N–H and O–H groups in total. The smallest absolute Gasteiger partial charge is 0.261 e. The molecule has 186 valence electrons. The number of piperazine rings is 1. The molecule has 11 heteroatoms. The van der Waals surface area contributed by atoms with Crippen LogP contribution in [0, 0.1) is 11.8 Å². The molecule has 0 spiro atoms. The second kappa shape index (κ2) is 10.1. The van der Waals surface area contributed by atoms with E-state index in [9.17, 15) is 22.8 Å². The van der Waals surface area contributed by atoms with Crippen molar-refractivity contribution in [1.29, 1.82) is 0 Å². The van der Waals surface area contributed by atoms with Crippen molar-refractivity contribution in [2.75, 3.05) is 39.3 Å². The Hall–Kier alpha value is -2.37. The van der Waals surface area contributed by atoms with Gasteiger partial charge >= 0.3 is 0 Å². The van der Waals surface area contributed by atoms with Crippen LogP contribution in [0.2, 0.25) is 0 Å². The fraction of sp³-hybridized carbons (Fsp3) is 0.652. The van der Waals surface area contributed by atoms with Gasteiger partial charge in [-0.1, -0.05) is 19.9 Å². The Bertz CT molecular complexity index is 1030. The van der Waals surface area contributed by atoms with Crippen LogP contribution in [0.3, 0.4) is 0 Å². The highest BCUT2D eigenvalue weighted by Crippen LogP contribution is 2.35. The molecular formula is C23H33N5O5S. The summed E-state index contributed by atoms with van der Waals surface area (Å²) >= 11 is 0. The predicted octanol–water partition coefficient (Wildman–Crippen LogP) is 0.109. The lowest BCUT2D eigenvalue weighted by molar-refractivity contribution is -0.144. The molecule has 3 aliphatic heterocycles. The number of pyridine rings is 1. The first-order chi connectivity index (χ1) is 16.2. The van der Waals surface area contributed by atoms with Gasteiger partial charge in [0.05, 0.1) is 12.6 Å². The summed E-state index contributed by atoms with van der Waals surface area (Å²) in [6, 6.07) is 3.21. The Morgan fingerprint density at radius 2 is 1.91 bits per heavy atom. The number of nitrogens with zero attached hydrogens (tertiary/aromatic N) is 4. The van der Waals surface area contributed by atoms with Gasteiger partial charge in [0.15, 0.2) is 10.8 Å². The summed E-state index contributed by atoms with van der Waals surface area (Å²) in [6.07, 6.45) is 2.43. The van der Waals surface area contributed by atoms with Gasteiger partial charge in [-0.15, -0.1) is 0 Å². The van der Waals surface area contributed by atoms with Crippen molar-refractivity contribution in [1.82, 2.24) is 24.4 Å². The van der Waals surface area contributed by atoms with E-state index in [1.54, 1.807) is 17.0 Å². The van der Waals surface area contributed by atoms with E-state index in [4.69, 9.17) is 0 Å². The summed E-state index contributed by atoms with van der Waals surface area (Å²) in [7, 11) is -3.95. The average Bonchev–Trinajstić information content (AvgIpc) is 3.40. The van der Waals surface area contributed by atoms with Crippen molar-refractivity contribution >= 4 is 27.6 Å². The van der Waals surface area contributed by atoms with E-state index in [2.05, 4.69) is 10.3 Å². The van der Waals surface area contributed by atoms with Crippen molar-refractivity contribution in [2.24, 2.45) is 11.8 Å². The molecule has 10 nitrogen and oxygen atoms in total. The van der Waals surface area contributed by atoms with Crippen molar-refractivity contribution in [2.45, 2.75) is 50.2 Å². The summed E-state index contributed by atoms with van der Waals surface area (Å²) in [5, 5.41) is 3.11. The number of rotatable bonds is 7. The fourth-order valence-electron chi connectivity index (χ4n) is 5.29. The van der Waals surface area contributed by atoms with E-state index < -0.39 is 28.0 Å². The highest BCUT2D eigenvalue weighted by Gasteiger charge is 2.54. The molecule has 4 heterocycles. The molecule has 1 aromatic rings. The van der Waals surface area contributed by atoms with Gasteiger partial charge in [-0.05, 0) is 30.9 Å². The molecule has 3 atom stereocenters. The molecule has 0 aliphatic carbocycles. The molecule has 0 aromatic carbocycles. The largest absolute Gasteiger partial charge is 0.340 e. The van der Waals surface area contributed by atoms with Gasteiger partial charge in [-0.25, -0.2) is 13.4 Å². The Labute approximate surface area is 200 Å². The first kappa shape index (κ1) is 24.7. The molecule has 3 aliphatic rings. The van der Waals surface area contributed by atoms with Crippen molar-refractivity contribution in [3.63, 3.8) is 0 Å². The molecule has 0 bridgehead atoms. The van der Waals surface area contributed by atoms with Crippen LogP contribution in [-0.4, -0.2) is 96.5 Å². The van der Waals surface area contributed by atoms with Crippen LogP contribution < -0.4 is 5.32 Å². The number of hydrogen-bond acceptors (Lipinski definition) is 7. The average molecular weight is 492 g/mol. The molecule has 3 unspecified atom stereocenters. The van der Waals surface area contributed by atoms with E-state index in [1.165, 1.54) is 21.5 Å². The van der Waals surface area contributed by atoms with Crippen LogP contribution in [0.5, 0.6) is 0 Å². The molecule has 0 saturated carbocycles. The molecule has 0 radical (unpaired) electrons. The van der Waals surface area contributed by atoms with Crippen LogP contribution in [0.15, 0.2) is 29.4 Å². The maximum Gasteiger partial charge on any atom is 0.261 e. The maximum atomic E-state index is 13.6. The first-order valence-corrected chi connectivity index (χ1v) is 13.4. The standard InChI is InChI=1S/C23H33N5O5S/c1-16(2)13-17(14-21(30)26-11-8-24-9-12-26)23(31)27-10-6-18-22(27)19(29)15-28(18)34(32,33)20-5-3-4-7-25-20/h3-5,7,16-18,22,24H,6,8-15H2,1-2H3. The Morgan fingerprint density at radius 1 is 1.18 bits per heavy atom. The lowest BCUT2D eigenvalue weighted by Crippen LogP contribution is -2.49. The molecule has 2 amide bonds. The lowest BCUT2D eigenvalue weighted by atomic mass is 9.91. The van der Waals surface area contributed by atoms with Crippen LogP contribution in [-0.2, 0) is 24.4 Å². The Kier molecular flexibility index (Phi) is 7.34. The number of ketones is 1. The van der Waals surface area contributed by atoms with Gasteiger partial charge in [-0.2, -0.15) is 4.31 Å². The molecular weight excluding hydrogens is 458 g/mol. The quantitative estimate of drug-likeness (QED) is 0.575. The minimum Gasteiger partial charge on any atom is -0.340 e. The summed E-state index contributed by atoms with van der Waals surface area (Å²) in [6.45, 7) is 6.74. The number of aromatic nitrogens is 1. The molecule has 4 rings (SSSR count). The van der Waals surface area contributed by atoms with E-state index >= 15 is 0 Å². The van der Waals surface area contributed by atoms with Crippen LogP contribution in [0.25, 0.3) is 0 Å². The second-order valence-electron chi connectivity index (χ2n) is 9.68. The third kappa shape index (κ3) is 4.87. The zero-order valence-corrected chi connectivity index (χ0v) is 20.5. The van der Waals surface area contributed by atoms with Gasteiger partial charge in [0.25, 0.3) is 10.0 Å². The van der Waals surface area contributed by atoms with Gasteiger partial charge in [0.2, 0.25) is 11.8 Å². The number of likely N-dealkylation sites (tertiary alicyclic amines) is 1. The number of fused-ring (bicyclic) bond motifs is 1. The van der Waals surface area contributed by atoms with Gasteiger partial charge in [0.1, 0.15) is 6.04 Å². The van der Waals surface area contributed by atoms with E-state index in [0.717, 1.165) is 13.1 Å². The third-order valence-electron chi connectivity index (χ3n) is 6.87. The molecule has 3 fully saturated rings. The second-order valence-corrected chi connectivity index (χ2v) is 11.5. The maximum absolute atomic E-state index is 13.6. The summed E-state index contributed by atoms with van der Waals surface area (Å²) in [5.74, 6) is -0.894. The van der Waals surface area contributed by atoms with Crippen molar-refractivity contribution < 1.29 is 22.8 Å². The highest BCUT2D eigenvalue weighted by atomic mass is 32.2. The van der Waals surface area contributed by atoms with E-state index in [-0.39, 0.29) is 41.5 Å². The van der Waals surface area contributed by atoms with Gasteiger partial charge in [0, 0.05) is 51.3 Å². The van der Waals surface area contributed by atoms with Crippen LogP contribution >= 0.6 is 0 Å². The number of Topliss-reactive ketones (excluding diaryl/α,β-unsaturated/α-hetero) is 1. The minimum absolute atomic E-state index is 0.0478. The number of amides is 2. The van der Waals surface area contributed by atoms with Crippen molar-refractivity contribution in [3.8, 4) is 0 Å². The van der Waals surface area contributed by atoms with Crippen LogP contribution in [0.1, 0.15) is 33.1 Å². The number of sulfonamides is 1.